The minimum atomic E-state index is -0.675. The van der Waals surface area contributed by atoms with Crippen LogP contribution < -0.4 is 10.2 Å². The Labute approximate surface area is 211 Å². The predicted octanol–water partition coefficient (Wildman–Crippen LogP) is 4.45. The van der Waals surface area contributed by atoms with Crippen molar-refractivity contribution < 1.29 is 9.18 Å². The molecule has 6 rings (SSSR count). The van der Waals surface area contributed by atoms with E-state index in [1.807, 2.05) is 0 Å². The van der Waals surface area contributed by atoms with Gasteiger partial charge >= 0.3 is 0 Å². The Hall–Kier alpha value is -4.75. The molecule has 2 aromatic carbocycles. The van der Waals surface area contributed by atoms with Gasteiger partial charge in [-0.05, 0) is 61.2 Å². The molecule has 1 atom stereocenters. The third-order valence-electron chi connectivity index (χ3n) is 6.58. The van der Waals surface area contributed by atoms with Crippen molar-refractivity contribution in [1.82, 2.24) is 30.3 Å². The maximum atomic E-state index is 15.5. The fourth-order valence-electron chi connectivity index (χ4n) is 4.78. The Morgan fingerprint density at radius 2 is 2.05 bits per heavy atom. The number of pyridine rings is 2. The first kappa shape index (κ1) is 22.7. The maximum absolute atomic E-state index is 15.5. The first-order chi connectivity index (χ1) is 18.1. The molecule has 0 bridgehead atoms. The number of aromatic nitrogens is 5. The molecule has 182 valence electrons. The normalized spacial score (nSPS) is 15.5. The van der Waals surface area contributed by atoms with E-state index in [-0.39, 0.29) is 11.6 Å². The fourth-order valence-corrected chi connectivity index (χ4v) is 4.78. The van der Waals surface area contributed by atoms with Crippen LogP contribution in [0.5, 0.6) is 0 Å². The van der Waals surface area contributed by atoms with E-state index >= 15 is 4.39 Å². The van der Waals surface area contributed by atoms with E-state index in [1.54, 1.807) is 59.8 Å². The molecule has 0 radical (unpaired) electrons. The summed E-state index contributed by atoms with van der Waals surface area (Å²) in [4.78, 5) is 27.9. The van der Waals surface area contributed by atoms with Gasteiger partial charge in [-0.25, -0.2) is 19.2 Å². The Morgan fingerprint density at radius 1 is 1.14 bits per heavy atom. The Balaban J connectivity index is 1.43. The van der Waals surface area contributed by atoms with Crippen molar-refractivity contribution >= 4 is 39.3 Å². The molecular weight excluding hydrogens is 471 g/mol. The molecule has 1 N–H and O–H groups in total. The van der Waals surface area contributed by atoms with E-state index in [4.69, 9.17) is 6.57 Å². The van der Waals surface area contributed by atoms with E-state index in [9.17, 15) is 4.79 Å². The van der Waals surface area contributed by atoms with E-state index < -0.39 is 11.7 Å². The zero-order chi connectivity index (χ0) is 25.4. The molecule has 0 unspecified atom stereocenters. The van der Waals surface area contributed by atoms with Crippen LogP contribution in [0, 0.1) is 12.4 Å². The molecule has 1 aliphatic heterocycles. The van der Waals surface area contributed by atoms with E-state index in [0.29, 0.717) is 34.9 Å². The van der Waals surface area contributed by atoms with Crippen LogP contribution in [0.15, 0.2) is 67.0 Å². The van der Waals surface area contributed by atoms with Crippen LogP contribution in [0.2, 0.25) is 0 Å². The largest absolute Gasteiger partial charge is 0.315 e. The summed E-state index contributed by atoms with van der Waals surface area (Å²) in [6.45, 7) is 8.75. The highest BCUT2D eigenvalue weighted by Crippen LogP contribution is 2.32. The number of amides is 1. The van der Waals surface area contributed by atoms with Gasteiger partial charge in [-0.2, -0.15) is 4.68 Å². The van der Waals surface area contributed by atoms with Gasteiger partial charge < -0.3 is 5.32 Å². The second-order valence-corrected chi connectivity index (χ2v) is 8.84. The van der Waals surface area contributed by atoms with Crippen LogP contribution in [-0.2, 0) is 0 Å². The summed E-state index contributed by atoms with van der Waals surface area (Å²) in [6.07, 6.45) is 4.87. The summed E-state index contributed by atoms with van der Waals surface area (Å²) in [5.41, 5.74) is 1.93. The van der Waals surface area contributed by atoms with E-state index in [0.717, 1.165) is 30.2 Å². The molecule has 10 heteroatoms. The number of carbonyl (C=O) groups is 1. The summed E-state index contributed by atoms with van der Waals surface area (Å²) in [6, 6.07) is 14.8. The quantitative estimate of drug-likeness (QED) is 0.373. The molecule has 1 fully saturated rings. The van der Waals surface area contributed by atoms with Gasteiger partial charge in [-0.3, -0.25) is 9.69 Å². The van der Waals surface area contributed by atoms with Gasteiger partial charge in [0.05, 0.1) is 23.9 Å². The number of benzene rings is 2. The summed E-state index contributed by atoms with van der Waals surface area (Å²) in [5, 5.41) is 13.0. The smallest absolute Gasteiger partial charge is 0.262 e. The second kappa shape index (κ2) is 9.37. The number of hydrogen-bond acceptors (Lipinski definition) is 6. The van der Waals surface area contributed by atoms with Crippen molar-refractivity contribution in [2.24, 2.45) is 0 Å². The highest BCUT2D eigenvalue weighted by molar-refractivity contribution is 6.10. The summed E-state index contributed by atoms with van der Waals surface area (Å²) in [7, 11) is 0. The van der Waals surface area contributed by atoms with Gasteiger partial charge in [0.2, 0.25) is 0 Å². The molecule has 9 nitrogen and oxygen atoms in total. The average Bonchev–Trinajstić information content (AvgIpc) is 3.38. The molecule has 1 saturated heterocycles. The Bertz CT molecular complexity index is 1690. The van der Waals surface area contributed by atoms with Crippen molar-refractivity contribution in [1.29, 1.82) is 0 Å². The lowest BCUT2D eigenvalue weighted by molar-refractivity contribution is 0.0968. The number of carbonyl (C=O) groups excluding carboxylic acids is 1. The van der Waals surface area contributed by atoms with Crippen LogP contribution in [0.1, 0.15) is 23.2 Å². The number of rotatable bonds is 4. The molecule has 1 amide bonds. The molecule has 37 heavy (non-hydrogen) atoms. The minimum Gasteiger partial charge on any atom is -0.315 e. The molecule has 4 heterocycles. The van der Waals surface area contributed by atoms with Crippen molar-refractivity contribution in [3.8, 4) is 5.69 Å². The van der Waals surface area contributed by atoms with Gasteiger partial charge in [0.1, 0.15) is 17.2 Å². The zero-order valence-electron chi connectivity index (χ0n) is 19.7. The lowest BCUT2D eigenvalue weighted by Gasteiger charge is -2.34. The van der Waals surface area contributed by atoms with E-state index in [2.05, 4.69) is 30.4 Å². The molecule has 0 saturated carbocycles. The van der Waals surface area contributed by atoms with Gasteiger partial charge in [0.15, 0.2) is 11.3 Å². The number of halogens is 1. The number of fused-ring (bicyclic) bond motifs is 2. The number of nitrogens with one attached hydrogen (secondary N) is 1. The van der Waals surface area contributed by atoms with Gasteiger partial charge in [-0.15, -0.1) is 5.10 Å². The summed E-state index contributed by atoms with van der Waals surface area (Å²) >= 11 is 0. The number of nitrogens with zero attached hydrogens (tertiary/aromatic N) is 7. The summed E-state index contributed by atoms with van der Waals surface area (Å²) < 4.78 is 17.0. The Morgan fingerprint density at radius 3 is 2.86 bits per heavy atom. The molecular formula is C27H21FN8O. The monoisotopic (exact) mass is 492 g/mol. The minimum absolute atomic E-state index is 0.0664. The molecule has 0 aliphatic carbocycles. The van der Waals surface area contributed by atoms with Crippen LogP contribution >= 0.6 is 0 Å². The topological polar surface area (TPSA) is 93.2 Å². The van der Waals surface area contributed by atoms with Gasteiger partial charge in [0.25, 0.3) is 5.91 Å². The van der Waals surface area contributed by atoms with Crippen LogP contribution in [0.4, 0.5) is 15.9 Å². The third kappa shape index (κ3) is 4.05. The van der Waals surface area contributed by atoms with Crippen molar-refractivity contribution in [3.05, 3.63) is 89.8 Å². The summed E-state index contributed by atoms with van der Waals surface area (Å²) in [5.74, 6) is -0.706. The van der Waals surface area contributed by atoms with E-state index in [1.165, 1.54) is 16.8 Å². The highest BCUT2D eigenvalue weighted by Gasteiger charge is 2.31. The molecule has 5 aromatic rings. The SMILES string of the molecule is [C-]#[N+]c1ccc2c(N(C(=O)c3ccc(-n4nnc5cccnc54)cc3F)[C@@H]3CCCNC3)nccc2c1. The van der Waals surface area contributed by atoms with Crippen LogP contribution in [0.25, 0.3) is 32.5 Å². The highest BCUT2D eigenvalue weighted by atomic mass is 19.1. The molecule has 3 aromatic heterocycles. The number of anilines is 1. The molecule has 0 spiro atoms. The number of piperidine rings is 1. The Kier molecular flexibility index (Phi) is 5.75. The first-order valence-electron chi connectivity index (χ1n) is 11.9. The predicted molar refractivity (Wildman–Crippen MR) is 137 cm³/mol. The van der Waals surface area contributed by atoms with Gasteiger partial charge in [0, 0.05) is 30.4 Å². The average molecular weight is 493 g/mol. The lowest BCUT2D eigenvalue weighted by atomic mass is 10.0. The van der Waals surface area contributed by atoms with Crippen molar-refractivity contribution in [3.63, 3.8) is 0 Å². The lowest BCUT2D eigenvalue weighted by Crippen LogP contribution is -2.49. The number of hydrogen-bond donors (Lipinski definition) is 1. The fraction of sp³-hybridized carbons (Fsp3) is 0.185. The first-order valence-corrected chi connectivity index (χ1v) is 11.9. The van der Waals surface area contributed by atoms with Crippen LogP contribution in [-0.4, -0.2) is 50.0 Å². The maximum Gasteiger partial charge on any atom is 0.262 e. The molecule has 1 aliphatic rings. The van der Waals surface area contributed by atoms with Gasteiger partial charge in [-0.1, -0.05) is 17.3 Å². The third-order valence-corrected chi connectivity index (χ3v) is 6.58. The standard InChI is InChI=1S/C27H21FN8O/c1-29-18-6-8-21-17(14-18)10-13-32-25(21)35(20-4-2-11-30-16-20)27(37)22-9-7-19(15-23(22)28)36-26-24(33-34-36)5-3-12-31-26/h3,5-10,12-15,20,30H,2,4,11,16H2/t20-/m1/s1. The zero-order valence-corrected chi connectivity index (χ0v) is 19.7. The van der Waals surface area contributed by atoms with Crippen molar-refractivity contribution in [2.45, 2.75) is 18.9 Å². The second-order valence-electron chi connectivity index (χ2n) is 8.84. The van der Waals surface area contributed by atoms with Crippen molar-refractivity contribution in [2.75, 3.05) is 18.0 Å². The van der Waals surface area contributed by atoms with Crippen LogP contribution in [0.3, 0.4) is 0 Å².